The molecule has 0 bridgehead atoms. The summed E-state index contributed by atoms with van der Waals surface area (Å²) in [5, 5.41) is 0. The number of esters is 1. The Kier molecular flexibility index (Phi) is 4.48. The molecule has 0 radical (unpaired) electrons. The number of hydrogen-bond donors (Lipinski definition) is 0. The second-order valence-corrected chi connectivity index (χ2v) is 7.49. The summed E-state index contributed by atoms with van der Waals surface area (Å²) in [5.74, 6) is 0.496. The maximum absolute atomic E-state index is 11.7. The van der Waals surface area contributed by atoms with Gasteiger partial charge in [-0.2, -0.15) is 0 Å². The molecule has 0 saturated heterocycles. The van der Waals surface area contributed by atoms with Gasteiger partial charge in [0, 0.05) is 0 Å². The lowest BCUT2D eigenvalue weighted by Gasteiger charge is -2.04. The average molecular weight is 296 g/mol. The number of methoxy groups -OCH3 is 1. The van der Waals surface area contributed by atoms with E-state index in [4.69, 9.17) is 4.74 Å². The minimum atomic E-state index is -3.12. The zero-order chi connectivity index (χ0) is 14.8. The van der Waals surface area contributed by atoms with Crippen LogP contribution < -0.4 is 0 Å². The molecule has 1 aliphatic rings. The molecule has 0 spiro atoms. The summed E-state index contributed by atoms with van der Waals surface area (Å²) in [6.07, 6.45) is 2.72. The van der Waals surface area contributed by atoms with Crippen LogP contribution in [-0.2, 0) is 25.8 Å². The zero-order valence-electron chi connectivity index (χ0n) is 11.8. The van der Waals surface area contributed by atoms with Crippen LogP contribution in [0.5, 0.6) is 0 Å². The number of benzene rings is 1. The Morgan fingerprint density at radius 1 is 1.30 bits per heavy atom. The van der Waals surface area contributed by atoms with Crippen molar-refractivity contribution in [2.24, 2.45) is 11.8 Å². The molecule has 20 heavy (non-hydrogen) atoms. The molecular weight excluding hydrogens is 276 g/mol. The Labute approximate surface area is 120 Å². The van der Waals surface area contributed by atoms with Gasteiger partial charge in [0.25, 0.3) is 0 Å². The van der Waals surface area contributed by atoms with Crippen molar-refractivity contribution in [3.05, 3.63) is 29.8 Å². The monoisotopic (exact) mass is 296 g/mol. The van der Waals surface area contributed by atoms with Crippen molar-refractivity contribution < 1.29 is 17.9 Å². The highest BCUT2D eigenvalue weighted by Gasteiger charge is 2.43. The Morgan fingerprint density at radius 2 is 1.95 bits per heavy atom. The van der Waals surface area contributed by atoms with Gasteiger partial charge in [0.2, 0.25) is 0 Å². The molecule has 5 heteroatoms. The summed E-state index contributed by atoms with van der Waals surface area (Å²) in [7, 11) is -1.70. The largest absolute Gasteiger partial charge is 0.469 e. The van der Waals surface area contributed by atoms with Crippen LogP contribution in [0.25, 0.3) is 0 Å². The lowest BCUT2D eigenvalue weighted by molar-refractivity contribution is -0.142. The molecule has 4 nitrogen and oxygen atoms in total. The first kappa shape index (κ1) is 15.0. The number of rotatable bonds is 6. The van der Waals surface area contributed by atoms with E-state index >= 15 is 0 Å². The molecule has 1 aliphatic carbocycles. The second-order valence-electron chi connectivity index (χ2n) is 5.21. The van der Waals surface area contributed by atoms with Crippen molar-refractivity contribution >= 4 is 15.8 Å². The zero-order valence-corrected chi connectivity index (χ0v) is 12.7. The molecule has 1 aromatic rings. The number of ether oxygens (including phenoxy) is 1. The molecule has 1 saturated carbocycles. The first-order chi connectivity index (χ1) is 9.47. The third kappa shape index (κ3) is 3.39. The van der Waals surface area contributed by atoms with E-state index in [2.05, 4.69) is 0 Å². The topological polar surface area (TPSA) is 60.4 Å². The highest BCUT2D eigenvalue weighted by molar-refractivity contribution is 7.91. The van der Waals surface area contributed by atoms with Gasteiger partial charge in [0.1, 0.15) is 0 Å². The molecule has 0 aliphatic heterocycles. The minimum Gasteiger partial charge on any atom is -0.469 e. The fraction of sp³-hybridized carbons (Fsp3) is 0.533. The Hall–Kier alpha value is -1.36. The number of carbonyl (C=O) groups excluding carboxylic acids is 1. The summed E-state index contributed by atoms with van der Waals surface area (Å²) in [5.41, 5.74) is 1.11. The second kappa shape index (κ2) is 5.95. The highest BCUT2D eigenvalue weighted by atomic mass is 32.2. The van der Waals surface area contributed by atoms with Gasteiger partial charge in [0.15, 0.2) is 9.84 Å². The van der Waals surface area contributed by atoms with Gasteiger partial charge in [-0.15, -0.1) is 0 Å². The van der Waals surface area contributed by atoms with E-state index in [0.29, 0.717) is 10.8 Å². The molecule has 0 heterocycles. The Bertz CT molecular complexity index is 574. The van der Waals surface area contributed by atoms with Crippen molar-refractivity contribution in [3.63, 3.8) is 0 Å². The summed E-state index contributed by atoms with van der Waals surface area (Å²) >= 11 is 0. The van der Waals surface area contributed by atoms with Crippen LogP contribution in [0.4, 0.5) is 0 Å². The van der Waals surface area contributed by atoms with Crippen LogP contribution in [0.1, 0.15) is 25.3 Å². The van der Waals surface area contributed by atoms with Crippen LogP contribution in [0.15, 0.2) is 29.2 Å². The summed E-state index contributed by atoms with van der Waals surface area (Å²) in [4.78, 5) is 11.7. The molecule has 2 atom stereocenters. The maximum Gasteiger partial charge on any atom is 0.308 e. The molecule has 0 N–H and O–H groups in total. The fourth-order valence-electron chi connectivity index (χ4n) is 2.39. The van der Waals surface area contributed by atoms with Gasteiger partial charge < -0.3 is 4.74 Å². The van der Waals surface area contributed by atoms with E-state index in [0.717, 1.165) is 24.8 Å². The summed E-state index contributed by atoms with van der Waals surface area (Å²) < 4.78 is 28.1. The maximum atomic E-state index is 11.7. The molecule has 2 unspecified atom stereocenters. The number of aryl methyl sites for hydroxylation is 1. The van der Waals surface area contributed by atoms with E-state index in [9.17, 15) is 13.2 Å². The highest BCUT2D eigenvalue weighted by Crippen LogP contribution is 2.42. The number of sulfone groups is 1. The molecule has 0 amide bonds. The molecule has 1 aromatic carbocycles. The normalized spacial score (nSPS) is 21.5. The fourth-order valence-corrected chi connectivity index (χ4v) is 3.27. The predicted octanol–water partition coefficient (Wildman–Crippen LogP) is 2.22. The third-order valence-electron chi connectivity index (χ3n) is 3.89. The van der Waals surface area contributed by atoms with Gasteiger partial charge in [-0.05, 0) is 42.9 Å². The summed E-state index contributed by atoms with van der Waals surface area (Å²) in [6.45, 7) is 1.64. The first-order valence-corrected chi connectivity index (χ1v) is 8.52. The standard InChI is InChI=1S/C15H20O4S/c1-3-20(17,18)13-8-5-11(6-9-13)4-7-12-10-14(12)15(16)19-2/h5-6,8-9,12,14H,3-4,7,10H2,1-2H3. The minimum absolute atomic E-state index is 0.0692. The molecule has 110 valence electrons. The third-order valence-corrected chi connectivity index (χ3v) is 5.64. The number of hydrogen-bond acceptors (Lipinski definition) is 4. The van der Waals surface area contributed by atoms with Crippen LogP contribution in [0.3, 0.4) is 0 Å². The van der Waals surface area contributed by atoms with Crippen molar-refractivity contribution in [1.29, 1.82) is 0 Å². The lowest BCUT2D eigenvalue weighted by atomic mass is 10.1. The van der Waals surface area contributed by atoms with Crippen LogP contribution >= 0.6 is 0 Å². The van der Waals surface area contributed by atoms with Gasteiger partial charge >= 0.3 is 5.97 Å². The van der Waals surface area contributed by atoms with Crippen LogP contribution in [0, 0.1) is 11.8 Å². The molecule has 2 rings (SSSR count). The lowest BCUT2D eigenvalue weighted by Crippen LogP contribution is -2.05. The van der Waals surface area contributed by atoms with Crippen LogP contribution in [-0.4, -0.2) is 27.2 Å². The Morgan fingerprint density at radius 3 is 2.50 bits per heavy atom. The van der Waals surface area contributed by atoms with E-state index < -0.39 is 9.84 Å². The molecule has 1 fully saturated rings. The molecular formula is C15H20O4S. The van der Waals surface area contributed by atoms with Gasteiger partial charge in [0.05, 0.1) is 23.7 Å². The van der Waals surface area contributed by atoms with E-state index in [-0.39, 0.29) is 17.6 Å². The Balaban J connectivity index is 1.88. The van der Waals surface area contributed by atoms with Crippen molar-refractivity contribution in [2.75, 3.05) is 12.9 Å². The first-order valence-electron chi connectivity index (χ1n) is 6.87. The smallest absolute Gasteiger partial charge is 0.308 e. The number of carbonyl (C=O) groups is 1. The van der Waals surface area contributed by atoms with Crippen molar-refractivity contribution in [2.45, 2.75) is 31.1 Å². The van der Waals surface area contributed by atoms with Crippen molar-refractivity contribution in [3.8, 4) is 0 Å². The molecule has 0 aromatic heterocycles. The summed E-state index contributed by atoms with van der Waals surface area (Å²) in [6, 6.07) is 7.05. The van der Waals surface area contributed by atoms with Gasteiger partial charge in [-0.1, -0.05) is 19.1 Å². The van der Waals surface area contributed by atoms with Gasteiger partial charge in [-0.3, -0.25) is 4.79 Å². The SMILES string of the molecule is CCS(=O)(=O)c1ccc(CCC2CC2C(=O)OC)cc1. The van der Waals surface area contributed by atoms with Gasteiger partial charge in [-0.25, -0.2) is 8.42 Å². The average Bonchev–Trinajstić information content (AvgIpc) is 3.24. The van der Waals surface area contributed by atoms with Crippen molar-refractivity contribution in [1.82, 2.24) is 0 Å². The van der Waals surface area contributed by atoms with Crippen LogP contribution in [0.2, 0.25) is 0 Å². The van der Waals surface area contributed by atoms with E-state index in [1.54, 1.807) is 19.1 Å². The van der Waals surface area contributed by atoms with E-state index in [1.807, 2.05) is 12.1 Å². The quantitative estimate of drug-likeness (QED) is 0.755. The van der Waals surface area contributed by atoms with E-state index in [1.165, 1.54) is 7.11 Å². The predicted molar refractivity (Wildman–Crippen MR) is 76.1 cm³/mol.